The van der Waals surface area contributed by atoms with Crippen molar-refractivity contribution in [3.05, 3.63) is 17.0 Å². The summed E-state index contributed by atoms with van der Waals surface area (Å²) in [7, 11) is 0. The van der Waals surface area contributed by atoms with Gasteiger partial charge in [-0.3, -0.25) is 14.4 Å². The molecule has 2 fully saturated rings. The Labute approximate surface area is 155 Å². The lowest BCUT2D eigenvalue weighted by Crippen LogP contribution is -2.36. The maximum atomic E-state index is 12.4. The number of rotatable bonds is 5. The van der Waals surface area contributed by atoms with Crippen LogP contribution < -0.4 is 5.32 Å². The molecule has 2 aliphatic rings. The minimum Gasteiger partial charge on any atom is -0.452 e. The number of hydrogen-bond acceptors (Lipinski definition) is 6. The van der Waals surface area contributed by atoms with Crippen LogP contribution in [0.25, 0.3) is 0 Å². The summed E-state index contributed by atoms with van der Waals surface area (Å²) in [5.74, 6) is -1.54. The zero-order valence-electron chi connectivity index (χ0n) is 14.6. The van der Waals surface area contributed by atoms with E-state index in [1.165, 1.54) is 18.3 Å². The van der Waals surface area contributed by atoms with Gasteiger partial charge in [0.05, 0.1) is 11.5 Å². The number of hydrogen-bond donors (Lipinski definition) is 1. The van der Waals surface area contributed by atoms with Crippen LogP contribution in [-0.2, 0) is 19.1 Å². The average molecular weight is 375 g/mol. The topological polar surface area (TPSA) is 99.5 Å². The predicted octanol–water partition coefficient (Wildman–Crippen LogP) is 2.28. The van der Waals surface area contributed by atoms with E-state index in [1.54, 1.807) is 16.3 Å². The number of nitrogens with zero attached hydrogens (tertiary/aromatic N) is 2. The third kappa shape index (κ3) is 3.88. The summed E-state index contributed by atoms with van der Waals surface area (Å²) >= 11 is 1.23. The van der Waals surface area contributed by atoms with Crippen LogP contribution in [0.1, 0.15) is 44.6 Å². The van der Waals surface area contributed by atoms with E-state index in [-0.39, 0.29) is 18.4 Å². The van der Waals surface area contributed by atoms with Crippen molar-refractivity contribution in [3.8, 4) is 6.07 Å². The molecule has 1 aromatic rings. The van der Waals surface area contributed by atoms with Crippen molar-refractivity contribution in [2.24, 2.45) is 5.92 Å². The third-order valence-electron chi connectivity index (χ3n) is 4.94. The molecule has 1 saturated heterocycles. The van der Waals surface area contributed by atoms with Crippen LogP contribution in [0.3, 0.4) is 0 Å². The molecule has 2 atom stereocenters. The van der Waals surface area contributed by atoms with E-state index in [4.69, 9.17) is 10.00 Å². The number of esters is 1. The van der Waals surface area contributed by atoms with Crippen molar-refractivity contribution in [2.45, 2.75) is 51.2 Å². The van der Waals surface area contributed by atoms with Crippen molar-refractivity contribution >= 4 is 34.1 Å². The summed E-state index contributed by atoms with van der Waals surface area (Å²) < 4.78 is 5.27. The number of anilines is 1. The van der Waals surface area contributed by atoms with Crippen molar-refractivity contribution in [1.82, 2.24) is 4.90 Å². The van der Waals surface area contributed by atoms with E-state index in [1.807, 2.05) is 6.07 Å². The maximum Gasteiger partial charge on any atom is 0.312 e. The summed E-state index contributed by atoms with van der Waals surface area (Å²) in [5.41, 5.74) is 0.371. The summed E-state index contributed by atoms with van der Waals surface area (Å²) in [5, 5.41) is 13.7. The van der Waals surface area contributed by atoms with Gasteiger partial charge in [-0.2, -0.15) is 5.26 Å². The molecule has 1 aliphatic carbocycles. The van der Waals surface area contributed by atoms with Gasteiger partial charge in [-0.15, -0.1) is 11.3 Å². The molecule has 2 heterocycles. The smallest absolute Gasteiger partial charge is 0.312 e. The summed E-state index contributed by atoms with van der Waals surface area (Å²) in [4.78, 5) is 38.5. The lowest BCUT2D eigenvalue weighted by atomic mass is 10.1. The molecule has 2 amide bonds. The van der Waals surface area contributed by atoms with E-state index < -0.39 is 23.9 Å². The molecule has 138 valence electrons. The van der Waals surface area contributed by atoms with E-state index >= 15 is 0 Å². The molecule has 1 N–H and O–H groups in total. The first-order chi connectivity index (χ1) is 12.5. The zero-order chi connectivity index (χ0) is 18.7. The first-order valence-corrected chi connectivity index (χ1v) is 9.66. The number of thiophene rings is 1. The molecule has 8 heteroatoms. The van der Waals surface area contributed by atoms with Crippen LogP contribution in [0.2, 0.25) is 0 Å². The minimum atomic E-state index is -0.994. The maximum absolute atomic E-state index is 12.4. The lowest BCUT2D eigenvalue weighted by molar-refractivity contribution is -0.157. The minimum absolute atomic E-state index is 0.00629. The Morgan fingerprint density at radius 3 is 2.85 bits per heavy atom. The van der Waals surface area contributed by atoms with Gasteiger partial charge in [0.15, 0.2) is 6.10 Å². The summed E-state index contributed by atoms with van der Waals surface area (Å²) in [6.45, 7) is 1.86. The largest absolute Gasteiger partial charge is 0.452 e. The van der Waals surface area contributed by atoms with Crippen molar-refractivity contribution in [3.63, 3.8) is 0 Å². The first-order valence-electron chi connectivity index (χ1n) is 8.78. The Balaban J connectivity index is 1.53. The molecule has 1 saturated carbocycles. The molecule has 0 unspecified atom stereocenters. The van der Waals surface area contributed by atoms with Gasteiger partial charge in [0.25, 0.3) is 5.91 Å². The number of ether oxygens (including phenoxy) is 1. The Kier molecular flexibility index (Phi) is 5.57. The summed E-state index contributed by atoms with van der Waals surface area (Å²) in [6.07, 6.45) is 3.38. The molecule has 1 aromatic heterocycles. The van der Waals surface area contributed by atoms with Gasteiger partial charge in [0.1, 0.15) is 11.1 Å². The average Bonchev–Trinajstić information content (AvgIpc) is 3.34. The fourth-order valence-corrected chi connectivity index (χ4v) is 4.23. The SMILES string of the molecule is C[C@@H](OC(=O)[C@H]1CC(=O)N(C2CCCC2)C1)C(=O)Nc1sccc1C#N. The highest BCUT2D eigenvalue weighted by molar-refractivity contribution is 7.14. The summed E-state index contributed by atoms with van der Waals surface area (Å²) in [6, 6.07) is 3.84. The van der Waals surface area contributed by atoms with Crippen molar-refractivity contribution in [2.75, 3.05) is 11.9 Å². The second kappa shape index (κ2) is 7.87. The van der Waals surface area contributed by atoms with E-state index in [0.717, 1.165) is 25.7 Å². The predicted molar refractivity (Wildman–Crippen MR) is 95.3 cm³/mol. The van der Waals surface area contributed by atoms with Gasteiger partial charge >= 0.3 is 5.97 Å². The van der Waals surface area contributed by atoms with Gasteiger partial charge in [-0.1, -0.05) is 12.8 Å². The van der Waals surface area contributed by atoms with Crippen LogP contribution in [0.5, 0.6) is 0 Å². The molecule has 0 aromatic carbocycles. The highest BCUT2D eigenvalue weighted by atomic mass is 32.1. The van der Waals surface area contributed by atoms with Crippen LogP contribution in [0.4, 0.5) is 5.00 Å². The molecule has 1 aliphatic heterocycles. The highest BCUT2D eigenvalue weighted by Gasteiger charge is 2.40. The van der Waals surface area contributed by atoms with Crippen molar-refractivity contribution in [1.29, 1.82) is 5.26 Å². The molecule has 7 nitrogen and oxygen atoms in total. The van der Waals surface area contributed by atoms with E-state index in [9.17, 15) is 14.4 Å². The lowest BCUT2D eigenvalue weighted by Gasteiger charge is -2.24. The Bertz CT molecular complexity index is 748. The van der Waals surface area contributed by atoms with Crippen LogP contribution in [-0.4, -0.2) is 41.4 Å². The number of carbonyl (C=O) groups is 3. The fraction of sp³-hybridized carbons (Fsp3) is 0.556. The molecule has 3 rings (SSSR count). The quantitative estimate of drug-likeness (QED) is 0.796. The number of carbonyl (C=O) groups excluding carboxylic acids is 3. The molecule has 0 bridgehead atoms. The Morgan fingerprint density at radius 2 is 2.15 bits per heavy atom. The van der Waals surface area contributed by atoms with Crippen LogP contribution >= 0.6 is 11.3 Å². The molecule has 0 spiro atoms. The first kappa shape index (κ1) is 18.4. The molecule has 0 radical (unpaired) electrons. The fourth-order valence-electron chi connectivity index (χ4n) is 3.49. The number of likely N-dealkylation sites (tertiary alicyclic amines) is 1. The molecular weight excluding hydrogens is 354 g/mol. The Morgan fingerprint density at radius 1 is 1.42 bits per heavy atom. The normalized spacial score (nSPS) is 21.5. The Hall–Kier alpha value is -2.40. The second-order valence-corrected chi connectivity index (χ2v) is 7.65. The van der Waals surface area contributed by atoms with Gasteiger partial charge in [-0.25, -0.2) is 0 Å². The highest BCUT2D eigenvalue weighted by Crippen LogP contribution is 2.30. The molecule has 26 heavy (non-hydrogen) atoms. The van der Waals surface area contributed by atoms with Gasteiger partial charge in [0, 0.05) is 19.0 Å². The van der Waals surface area contributed by atoms with Gasteiger partial charge < -0.3 is 15.0 Å². The zero-order valence-corrected chi connectivity index (χ0v) is 15.4. The molecular formula is C18H21N3O4S. The van der Waals surface area contributed by atoms with Crippen molar-refractivity contribution < 1.29 is 19.1 Å². The number of amides is 2. The standard InChI is InChI=1S/C18H21N3O4S/c1-11(16(23)20-17-12(9-19)6-7-26-17)25-18(24)13-8-15(22)21(10-13)14-4-2-3-5-14/h6-7,11,13-14H,2-5,8,10H2,1H3,(H,20,23)/t11-,13+/m1/s1. The van der Waals surface area contributed by atoms with E-state index in [0.29, 0.717) is 17.1 Å². The third-order valence-corrected chi connectivity index (χ3v) is 5.77. The van der Waals surface area contributed by atoms with Crippen LogP contribution in [0.15, 0.2) is 11.4 Å². The number of nitrogens with one attached hydrogen (secondary N) is 1. The second-order valence-electron chi connectivity index (χ2n) is 6.73. The monoisotopic (exact) mass is 375 g/mol. The van der Waals surface area contributed by atoms with Gasteiger partial charge in [-0.05, 0) is 31.2 Å². The van der Waals surface area contributed by atoms with Gasteiger partial charge in [0.2, 0.25) is 5.91 Å². The van der Waals surface area contributed by atoms with Crippen LogP contribution in [0, 0.1) is 17.2 Å². The number of nitriles is 1. The van der Waals surface area contributed by atoms with E-state index in [2.05, 4.69) is 5.32 Å².